The molecule has 37 heavy (non-hydrogen) atoms. The summed E-state index contributed by atoms with van der Waals surface area (Å²) < 4.78 is 53.8. The summed E-state index contributed by atoms with van der Waals surface area (Å²) in [6.45, 7) is 3.79. The minimum absolute atomic E-state index is 0.109. The van der Waals surface area contributed by atoms with Gasteiger partial charge in [0, 0.05) is 12.1 Å². The molecule has 4 aromatic rings. The summed E-state index contributed by atoms with van der Waals surface area (Å²) in [5.41, 5.74) is 1.93. The number of nitrogens with zero attached hydrogens (tertiary/aromatic N) is 6. The van der Waals surface area contributed by atoms with Gasteiger partial charge in [0.25, 0.3) is 10.0 Å². The Morgan fingerprint density at radius 3 is 2.46 bits per heavy atom. The number of benzene rings is 1. The molecule has 0 bridgehead atoms. The lowest BCUT2D eigenvalue weighted by atomic mass is 9.93. The van der Waals surface area contributed by atoms with E-state index in [0.717, 1.165) is 9.54 Å². The van der Waals surface area contributed by atoms with Crippen molar-refractivity contribution in [2.45, 2.75) is 50.0 Å². The number of rotatable bonds is 6. The zero-order chi connectivity index (χ0) is 26.7. The number of amides is 1. The van der Waals surface area contributed by atoms with Gasteiger partial charge in [-0.15, -0.1) is 10.2 Å². The smallest absolute Gasteiger partial charge is 0.422 e. The molecule has 1 aliphatic rings. The molecule has 3 unspecified atom stereocenters. The van der Waals surface area contributed by atoms with Gasteiger partial charge in [-0.25, -0.2) is 27.3 Å². The Morgan fingerprint density at radius 1 is 1.14 bits per heavy atom. The van der Waals surface area contributed by atoms with Gasteiger partial charge in [-0.05, 0) is 43.9 Å². The highest BCUT2D eigenvalue weighted by atomic mass is 32.2. The van der Waals surface area contributed by atoms with E-state index in [1.807, 2.05) is 13.8 Å². The van der Waals surface area contributed by atoms with Gasteiger partial charge in [-0.2, -0.15) is 12.7 Å². The van der Waals surface area contributed by atoms with Crippen molar-refractivity contribution in [3.63, 3.8) is 0 Å². The van der Waals surface area contributed by atoms with Crippen LogP contribution in [0.5, 0.6) is 0 Å². The second kappa shape index (κ2) is 8.78. The van der Waals surface area contributed by atoms with Gasteiger partial charge < -0.3 is 5.11 Å². The van der Waals surface area contributed by atoms with Gasteiger partial charge in [0.05, 0.1) is 22.7 Å². The molecule has 3 aromatic heterocycles. The number of hydrogen-bond acceptors (Lipinski definition) is 8. The molecule has 3 N–H and O–H groups in total. The normalized spacial score (nSPS) is 20.6. The quantitative estimate of drug-likeness (QED) is 0.365. The average Bonchev–Trinajstić information content (AvgIpc) is 3.53. The molecule has 13 nitrogen and oxygen atoms in total. The molecular weight excluding hydrogens is 522 g/mol. The van der Waals surface area contributed by atoms with Crippen molar-refractivity contribution >= 4 is 43.1 Å². The fourth-order valence-electron chi connectivity index (χ4n) is 5.24. The molecular formula is C22H25N7O6S2. The molecule has 0 saturated heterocycles. The summed E-state index contributed by atoms with van der Waals surface area (Å²) in [4.78, 5) is 16.2. The Balaban J connectivity index is 1.61. The first-order chi connectivity index (χ1) is 17.4. The first-order valence-electron chi connectivity index (χ1n) is 11.5. The molecule has 5 rings (SSSR count). The lowest BCUT2D eigenvalue weighted by molar-refractivity contribution is 0.160. The Kier molecular flexibility index (Phi) is 5.96. The van der Waals surface area contributed by atoms with Crippen molar-refractivity contribution in [1.29, 1.82) is 0 Å². The van der Waals surface area contributed by atoms with E-state index in [2.05, 4.69) is 15.2 Å². The lowest BCUT2D eigenvalue weighted by Gasteiger charge is -2.23. The van der Waals surface area contributed by atoms with Crippen LogP contribution in [0.1, 0.15) is 43.5 Å². The van der Waals surface area contributed by atoms with Gasteiger partial charge in [-0.1, -0.05) is 31.0 Å². The maximum atomic E-state index is 13.4. The van der Waals surface area contributed by atoms with Crippen LogP contribution in [0.4, 0.5) is 4.79 Å². The fourth-order valence-corrected chi connectivity index (χ4v) is 7.34. The van der Waals surface area contributed by atoms with Gasteiger partial charge in [0.2, 0.25) is 0 Å². The van der Waals surface area contributed by atoms with Crippen LogP contribution < -0.4 is 5.14 Å². The average molecular weight is 548 g/mol. The topological polar surface area (TPSA) is 183 Å². The maximum absolute atomic E-state index is 13.4. The number of aromatic nitrogens is 5. The van der Waals surface area contributed by atoms with Crippen molar-refractivity contribution in [1.82, 2.24) is 27.9 Å². The molecule has 3 atom stereocenters. The van der Waals surface area contributed by atoms with E-state index in [1.54, 1.807) is 22.6 Å². The van der Waals surface area contributed by atoms with Crippen LogP contribution in [0.25, 0.3) is 16.8 Å². The number of carboxylic acid groups (broad SMARTS) is 1. The van der Waals surface area contributed by atoms with E-state index in [9.17, 15) is 26.7 Å². The number of hydrogen-bond donors (Lipinski definition) is 2. The molecule has 1 aromatic carbocycles. The summed E-state index contributed by atoms with van der Waals surface area (Å²) in [5, 5.41) is 23.2. The largest absolute Gasteiger partial charge is 0.464 e. The molecule has 1 amide bonds. The van der Waals surface area contributed by atoms with Crippen LogP contribution in [0.3, 0.4) is 0 Å². The highest BCUT2D eigenvalue weighted by Crippen LogP contribution is 2.43. The van der Waals surface area contributed by atoms with Gasteiger partial charge >= 0.3 is 16.3 Å². The van der Waals surface area contributed by atoms with Crippen LogP contribution in [-0.2, 0) is 20.2 Å². The summed E-state index contributed by atoms with van der Waals surface area (Å²) in [6, 6.07) is 7.23. The second-order valence-corrected chi connectivity index (χ2v) is 12.4. The molecule has 0 radical (unpaired) electrons. The van der Waals surface area contributed by atoms with E-state index in [1.165, 1.54) is 24.5 Å². The highest BCUT2D eigenvalue weighted by Gasteiger charge is 2.44. The van der Waals surface area contributed by atoms with E-state index in [4.69, 9.17) is 5.14 Å². The number of aryl methyl sites for hydroxylation is 1. The Bertz CT molecular complexity index is 1730. The molecule has 0 aliphatic heterocycles. The van der Waals surface area contributed by atoms with Crippen LogP contribution in [0, 0.1) is 12.8 Å². The first-order valence-corrected chi connectivity index (χ1v) is 14.5. The summed E-state index contributed by atoms with van der Waals surface area (Å²) in [7, 11) is -8.42. The molecule has 3 heterocycles. The predicted molar refractivity (Wildman–Crippen MR) is 133 cm³/mol. The summed E-state index contributed by atoms with van der Waals surface area (Å²) in [5.74, 6) is 0.0147. The zero-order valence-electron chi connectivity index (χ0n) is 20.0. The monoisotopic (exact) mass is 547 g/mol. The molecule has 196 valence electrons. The molecule has 1 saturated carbocycles. The maximum Gasteiger partial charge on any atom is 0.422 e. The fraction of sp³-hybridized carbons (Fsp3) is 0.364. The van der Waals surface area contributed by atoms with Crippen molar-refractivity contribution in [3.8, 4) is 0 Å². The Labute approximate surface area is 212 Å². The van der Waals surface area contributed by atoms with E-state index in [-0.39, 0.29) is 35.2 Å². The van der Waals surface area contributed by atoms with E-state index < -0.39 is 32.4 Å². The SMILES string of the molecule is CCC1CC(N(C(=O)O)S(N)(=O)=O)CC1c1nnc2cnc3c(ccn3S(=O)(=O)c3ccc(C)cc3)n12. The predicted octanol–water partition coefficient (Wildman–Crippen LogP) is 2.08. The minimum Gasteiger partial charge on any atom is -0.464 e. The molecule has 0 spiro atoms. The lowest BCUT2D eigenvalue weighted by Crippen LogP contribution is -2.46. The Morgan fingerprint density at radius 2 is 1.84 bits per heavy atom. The minimum atomic E-state index is -4.48. The van der Waals surface area contributed by atoms with Gasteiger partial charge in [0.1, 0.15) is 5.82 Å². The number of nitrogens with two attached hydrogens (primary N) is 1. The standard InChI is InChI=1S/C22H25N7O6S2/c1-3-14-10-15(29(22(30)31)37(23,34)35)11-17(14)20-26-25-19-12-24-21-18(28(19)20)8-9-27(21)36(32,33)16-6-4-13(2)5-7-16/h4-9,12,14-15,17H,3,10-11H2,1-2H3,(H,30,31)(H2,23,34,35). The van der Waals surface area contributed by atoms with Crippen LogP contribution >= 0.6 is 0 Å². The van der Waals surface area contributed by atoms with Crippen molar-refractivity contribution < 1.29 is 26.7 Å². The van der Waals surface area contributed by atoms with Crippen molar-refractivity contribution in [3.05, 3.63) is 54.1 Å². The zero-order valence-corrected chi connectivity index (χ0v) is 21.6. The van der Waals surface area contributed by atoms with Crippen molar-refractivity contribution in [2.75, 3.05) is 0 Å². The van der Waals surface area contributed by atoms with Crippen molar-refractivity contribution in [2.24, 2.45) is 11.1 Å². The number of carbonyl (C=O) groups is 1. The summed E-state index contributed by atoms with van der Waals surface area (Å²) >= 11 is 0. The van der Waals surface area contributed by atoms with Crippen LogP contribution in [0.15, 0.2) is 47.6 Å². The van der Waals surface area contributed by atoms with Gasteiger partial charge in [0.15, 0.2) is 11.3 Å². The summed E-state index contributed by atoms with van der Waals surface area (Å²) in [6.07, 6.45) is 2.26. The third-order valence-electron chi connectivity index (χ3n) is 6.96. The highest BCUT2D eigenvalue weighted by molar-refractivity contribution is 7.90. The Hall–Kier alpha value is -3.56. The second-order valence-electron chi connectivity index (χ2n) is 9.17. The van der Waals surface area contributed by atoms with E-state index in [0.29, 0.717) is 27.7 Å². The number of fused-ring (bicyclic) bond motifs is 3. The third kappa shape index (κ3) is 4.12. The molecule has 1 fully saturated rings. The first kappa shape index (κ1) is 25.1. The van der Waals surface area contributed by atoms with Crippen LogP contribution in [0.2, 0.25) is 0 Å². The van der Waals surface area contributed by atoms with Gasteiger partial charge in [-0.3, -0.25) is 4.40 Å². The van der Waals surface area contributed by atoms with Crippen LogP contribution in [-0.4, -0.2) is 61.9 Å². The molecule has 15 heteroatoms. The third-order valence-corrected chi connectivity index (χ3v) is 9.64. The van der Waals surface area contributed by atoms with E-state index >= 15 is 0 Å². The molecule has 1 aliphatic carbocycles.